The lowest BCUT2D eigenvalue weighted by molar-refractivity contribution is 0.0650. The molecule has 0 radical (unpaired) electrons. The maximum atomic E-state index is 12.7. The van der Waals surface area contributed by atoms with Crippen molar-refractivity contribution in [2.45, 2.75) is 13.1 Å². The Kier molecular flexibility index (Phi) is 4.61. The molecule has 0 saturated heterocycles. The van der Waals surface area contributed by atoms with Crippen molar-refractivity contribution < 1.29 is 9.59 Å². The largest absolute Gasteiger partial charge is 0.380 e. The molecule has 1 aliphatic rings. The summed E-state index contributed by atoms with van der Waals surface area (Å²) in [7, 11) is 1.53. The maximum absolute atomic E-state index is 12.7. The number of hydrogen-bond acceptors (Lipinski definition) is 4. The van der Waals surface area contributed by atoms with E-state index in [2.05, 4.69) is 41.7 Å². The van der Waals surface area contributed by atoms with Crippen LogP contribution in [0.25, 0.3) is 32.3 Å². The highest BCUT2D eigenvalue weighted by molar-refractivity contribution is 6.26. The average molecular weight is 446 g/mol. The number of amides is 2. The van der Waals surface area contributed by atoms with Crippen molar-refractivity contribution in [3.05, 3.63) is 101 Å². The molecule has 166 valence electrons. The Morgan fingerprint density at radius 1 is 0.676 bits per heavy atom. The molecule has 5 heteroatoms. The van der Waals surface area contributed by atoms with Gasteiger partial charge >= 0.3 is 0 Å². The monoisotopic (exact) mass is 445 g/mol. The summed E-state index contributed by atoms with van der Waals surface area (Å²) >= 11 is 0. The summed E-state index contributed by atoms with van der Waals surface area (Å²) in [5.41, 5.74) is 10.5. The summed E-state index contributed by atoms with van der Waals surface area (Å²) in [6.45, 7) is 1.06. The molecule has 0 bridgehead atoms. The normalized spacial score (nSPS) is 13.3. The minimum Gasteiger partial charge on any atom is -0.380 e. The second-order valence-corrected chi connectivity index (χ2v) is 8.66. The predicted molar refractivity (Wildman–Crippen MR) is 137 cm³/mol. The van der Waals surface area contributed by atoms with E-state index in [1.54, 1.807) is 6.07 Å². The van der Waals surface area contributed by atoms with Crippen LogP contribution in [0.2, 0.25) is 0 Å². The molecular weight excluding hydrogens is 422 g/mol. The number of nitrogens with two attached hydrogens (primary N) is 1. The van der Waals surface area contributed by atoms with Crippen molar-refractivity contribution in [3.63, 3.8) is 0 Å². The van der Waals surface area contributed by atoms with E-state index in [1.807, 2.05) is 36.4 Å². The van der Waals surface area contributed by atoms with Gasteiger partial charge in [0.1, 0.15) is 0 Å². The first-order valence-electron chi connectivity index (χ1n) is 11.3. The van der Waals surface area contributed by atoms with Gasteiger partial charge in [-0.3, -0.25) is 14.5 Å². The van der Waals surface area contributed by atoms with Crippen LogP contribution in [-0.4, -0.2) is 23.8 Å². The van der Waals surface area contributed by atoms with Gasteiger partial charge in [-0.1, -0.05) is 60.7 Å². The van der Waals surface area contributed by atoms with Crippen LogP contribution in [0.3, 0.4) is 0 Å². The number of hydrogen-bond donors (Lipinski definition) is 2. The van der Waals surface area contributed by atoms with E-state index in [1.165, 1.54) is 28.3 Å². The Balaban J connectivity index is 1.51. The fraction of sp³-hybridized carbons (Fsp3) is 0.103. The smallest absolute Gasteiger partial charge is 0.261 e. The van der Waals surface area contributed by atoms with Crippen LogP contribution in [0.4, 0.5) is 5.69 Å². The van der Waals surface area contributed by atoms with E-state index >= 15 is 0 Å². The van der Waals surface area contributed by atoms with Crippen LogP contribution >= 0.6 is 0 Å². The van der Waals surface area contributed by atoms with Gasteiger partial charge < -0.3 is 11.1 Å². The number of fused-ring (bicyclic) bond motifs is 2. The van der Waals surface area contributed by atoms with Crippen LogP contribution in [-0.2, 0) is 13.1 Å². The minimum atomic E-state index is -0.269. The highest BCUT2D eigenvalue weighted by Crippen LogP contribution is 2.36. The Bertz CT molecular complexity index is 1580. The highest BCUT2D eigenvalue weighted by Gasteiger charge is 2.30. The SMILES string of the molecule is CN1C(=O)c2cccc3c(NCc4c5ccccc5c(CN)c5ccccc45)ccc(c23)C1=O. The van der Waals surface area contributed by atoms with Gasteiger partial charge in [0.15, 0.2) is 0 Å². The second-order valence-electron chi connectivity index (χ2n) is 8.66. The lowest BCUT2D eigenvalue weighted by Gasteiger charge is -2.25. The molecule has 34 heavy (non-hydrogen) atoms. The van der Waals surface area contributed by atoms with Gasteiger partial charge in [0.05, 0.1) is 0 Å². The first kappa shape index (κ1) is 20.4. The lowest BCUT2D eigenvalue weighted by Crippen LogP contribution is -2.36. The first-order chi connectivity index (χ1) is 16.6. The zero-order valence-corrected chi connectivity index (χ0v) is 18.8. The number of nitrogens with one attached hydrogen (secondary N) is 1. The van der Waals surface area contributed by atoms with Gasteiger partial charge in [-0.05, 0) is 50.9 Å². The minimum absolute atomic E-state index is 0.269. The topological polar surface area (TPSA) is 75.4 Å². The third-order valence-corrected chi connectivity index (χ3v) is 6.93. The fourth-order valence-corrected chi connectivity index (χ4v) is 5.27. The molecule has 0 saturated carbocycles. The average Bonchev–Trinajstić information content (AvgIpc) is 2.88. The summed E-state index contributed by atoms with van der Waals surface area (Å²) in [6, 6.07) is 26.1. The summed E-state index contributed by atoms with van der Waals surface area (Å²) in [4.78, 5) is 26.6. The molecule has 0 unspecified atom stereocenters. The van der Waals surface area contributed by atoms with Crippen LogP contribution in [0, 0.1) is 0 Å². The summed E-state index contributed by atoms with van der Waals surface area (Å²) < 4.78 is 0. The standard InChI is InChI=1S/C29H23N3O2/c1-32-28(33)22-12-6-11-21-26(14-13-23(27(21)22)29(32)34)31-16-25-19-9-4-2-7-17(19)24(15-30)18-8-3-5-10-20(18)25/h2-14,31H,15-16,30H2,1H3. The predicted octanol–water partition coefficient (Wildman–Crippen LogP) is 5.44. The van der Waals surface area contributed by atoms with Crippen LogP contribution in [0.5, 0.6) is 0 Å². The lowest BCUT2D eigenvalue weighted by atomic mass is 9.91. The van der Waals surface area contributed by atoms with Gasteiger partial charge in [0.2, 0.25) is 0 Å². The molecule has 5 aromatic rings. The molecule has 0 spiro atoms. The van der Waals surface area contributed by atoms with Gasteiger partial charge in [-0.25, -0.2) is 0 Å². The molecule has 0 aromatic heterocycles. The van der Waals surface area contributed by atoms with Crippen LogP contribution < -0.4 is 11.1 Å². The Labute approximate surface area is 196 Å². The number of carbonyl (C=O) groups excluding carboxylic acids is 2. The third-order valence-electron chi connectivity index (χ3n) is 6.93. The summed E-state index contributed by atoms with van der Waals surface area (Å²) in [5.74, 6) is -0.538. The molecule has 6 rings (SSSR count). The van der Waals surface area contributed by atoms with Gasteiger partial charge in [-0.15, -0.1) is 0 Å². The van der Waals surface area contributed by atoms with Crippen molar-refractivity contribution in [1.29, 1.82) is 0 Å². The van der Waals surface area contributed by atoms with Crippen LogP contribution in [0.1, 0.15) is 31.8 Å². The summed E-state index contributed by atoms with van der Waals surface area (Å²) in [5, 5.41) is 9.86. The molecule has 2 amide bonds. The zero-order valence-electron chi connectivity index (χ0n) is 18.8. The Hall–Kier alpha value is -4.22. The zero-order chi connectivity index (χ0) is 23.4. The van der Waals surface area contributed by atoms with E-state index < -0.39 is 0 Å². The molecule has 0 atom stereocenters. The van der Waals surface area contributed by atoms with Crippen molar-refractivity contribution in [1.82, 2.24) is 4.90 Å². The van der Waals surface area contributed by atoms with Crippen molar-refractivity contribution in [2.75, 3.05) is 12.4 Å². The number of anilines is 1. The molecule has 0 fully saturated rings. The molecule has 0 aliphatic carbocycles. The quantitative estimate of drug-likeness (QED) is 0.285. The van der Waals surface area contributed by atoms with Gasteiger partial charge in [-0.2, -0.15) is 0 Å². The van der Waals surface area contributed by atoms with Gasteiger partial charge in [0.25, 0.3) is 11.8 Å². The Morgan fingerprint density at radius 2 is 1.21 bits per heavy atom. The Morgan fingerprint density at radius 3 is 1.79 bits per heavy atom. The van der Waals surface area contributed by atoms with Crippen LogP contribution in [0.15, 0.2) is 78.9 Å². The second kappa shape index (κ2) is 7.68. The van der Waals surface area contributed by atoms with Crippen molar-refractivity contribution >= 4 is 49.8 Å². The van der Waals surface area contributed by atoms with E-state index in [-0.39, 0.29) is 11.8 Å². The van der Waals surface area contributed by atoms with Gasteiger partial charge in [0, 0.05) is 47.7 Å². The maximum Gasteiger partial charge on any atom is 0.261 e. The summed E-state index contributed by atoms with van der Waals surface area (Å²) in [6.07, 6.45) is 0. The molecule has 5 aromatic carbocycles. The molecular formula is C29H23N3O2. The number of carbonyl (C=O) groups is 2. The number of imide groups is 1. The van der Waals surface area contributed by atoms with E-state index in [9.17, 15) is 9.59 Å². The molecule has 1 aliphatic heterocycles. The van der Waals surface area contributed by atoms with E-state index in [0.29, 0.717) is 29.6 Å². The first-order valence-corrected chi connectivity index (χ1v) is 11.3. The number of nitrogens with zero attached hydrogens (tertiary/aromatic N) is 1. The number of rotatable bonds is 4. The van der Waals surface area contributed by atoms with E-state index in [0.717, 1.165) is 27.4 Å². The van der Waals surface area contributed by atoms with Crippen molar-refractivity contribution in [3.8, 4) is 0 Å². The highest BCUT2D eigenvalue weighted by atomic mass is 16.2. The molecule has 1 heterocycles. The molecule has 3 N–H and O–H groups in total. The third kappa shape index (κ3) is 2.84. The molecule has 5 nitrogen and oxygen atoms in total. The van der Waals surface area contributed by atoms with E-state index in [4.69, 9.17) is 5.73 Å². The number of benzene rings is 5. The fourth-order valence-electron chi connectivity index (χ4n) is 5.27. The van der Waals surface area contributed by atoms with Crippen molar-refractivity contribution in [2.24, 2.45) is 5.73 Å².